The number of benzene rings is 1. The van der Waals surface area contributed by atoms with Gasteiger partial charge in [0.2, 0.25) is 0 Å². The smallest absolute Gasteiger partial charge is 0.119 e. The Bertz CT molecular complexity index is 441. The molecule has 6 heteroatoms. The first-order valence-corrected chi connectivity index (χ1v) is 10.6. The number of unbranched alkanes of at least 4 members (excludes halogenated alkanes) is 5. The molecule has 0 amide bonds. The topological polar surface area (TPSA) is 72.2 Å². The fraction of sp³-hybridized carbons (Fsp3) is 0.727. The molecule has 6 nitrogen and oxygen atoms in total. The summed E-state index contributed by atoms with van der Waals surface area (Å²) in [5, 5.41) is 0. The van der Waals surface area contributed by atoms with Gasteiger partial charge in [0.05, 0.1) is 46.2 Å². The Morgan fingerprint density at radius 1 is 0.571 bits per heavy atom. The van der Waals surface area contributed by atoms with E-state index in [1.165, 1.54) is 32.1 Å². The first kappa shape index (κ1) is 24.7. The van der Waals surface area contributed by atoms with Gasteiger partial charge in [-0.3, -0.25) is 0 Å². The molecule has 0 aliphatic carbocycles. The second kappa shape index (κ2) is 19.0. The lowest BCUT2D eigenvalue weighted by Gasteiger charge is -2.08. The molecule has 0 aliphatic rings. The highest BCUT2D eigenvalue weighted by Crippen LogP contribution is 2.12. The van der Waals surface area contributed by atoms with Gasteiger partial charge in [0.1, 0.15) is 12.4 Å². The highest BCUT2D eigenvalue weighted by molar-refractivity contribution is 5.41. The number of nitrogen functional groups attached to an aromatic ring is 1. The van der Waals surface area contributed by atoms with Gasteiger partial charge in [0.25, 0.3) is 0 Å². The van der Waals surface area contributed by atoms with Gasteiger partial charge in [-0.15, -0.1) is 0 Å². The molecule has 0 heterocycles. The summed E-state index contributed by atoms with van der Waals surface area (Å²) >= 11 is 0. The van der Waals surface area contributed by atoms with E-state index < -0.39 is 0 Å². The Kier molecular flexibility index (Phi) is 16.8. The SMILES string of the molecule is CCCCCCCCOCCOCCOCCOCCOc1ccc(N)cc1. The standard InChI is InChI=1S/C22H39NO5/c1-2-3-4-5-6-7-12-24-13-14-25-15-16-26-17-18-27-19-20-28-22-10-8-21(23)9-11-22/h8-11H,2-7,12-20,23H2,1H3. The van der Waals surface area contributed by atoms with Crippen molar-refractivity contribution in [2.45, 2.75) is 45.4 Å². The molecule has 0 bridgehead atoms. The lowest BCUT2D eigenvalue weighted by molar-refractivity contribution is -0.00487. The lowest BCUT2D eigenvalue weighted by Crippen LogP contribution is -2.13. The first-order valence-electron chi connectivity index (χ1n) is 10.6. The largest absolute Gasteiger partial charge is 0.491 e. The predicted octanol–water partition coefficient (Wildman–Crippen LogP) is 4.07. The summed E-state index contributed by atoms with van der Waals surface area (Å²) in [4.78, 5) is 0. The summed E-state index contributed by atoms with van der Waals surface area (Å²) in [6.45, 7) is 7.65. The van der Waals surface area contributed by atoms with Crippen molar-refractivity contribution in [3.8, 4) is 5.75 Å². The molecule has 28 heavy (non-hydrogen) atoms. The average Bonchev–Trinajstić information content (AvgIpc) is 2.71. The quantitative estimate of drug-likeness (QED) is 0.264. The van der Waals surface area contributed by atoms with Crippen LogP contribution in [0.25, 0.3) is 0 Å². The Balaban J connectivity index is 1.70. The molecule has 0 unspecified atom stereocenters. The van der Waals surface area contributed by atoms with E-state index in [1.807, 2.05) is 24.3 Å². The van der Waals surface area contributed by atoms with Crippen LogP contribution in [0.3, 0.4) is 0 Å². The average molecular weight is 398 g/mol. The summed E-state index contributed by atoms with van der Waals surface area (Å²) in [5.41, 5.74) is 6.35. The zero-order chi connectivity index (χ0) is 20.1. The van der Waals surface area contributed by atoms with Crippen LogP contribution in [0.4, 0.5) is 5.69 Å². The highest BCUT2D eigenvalue weighted by Gasteiger charge is 1.95. The Hall–Kier alpha value is -1.34. The Morgan fingerprint density at radius 3 is 1.61 bits per heavy atom. The fourth-order valence-electron chi connectivity index (χ4n) is 2.53. The molecule has 1 rings (SSSR count). The van der Waals surface area contributed by atoms with E-state index in [0.29, 0.717) is 52.9 Å². The maximum absolute atomic E-state index is 5.62. The molecule has 0 saturated carbocycles. The summed E-state index contributed by atoms with van der Waals surface area (Å²) in [5.74, 6) is 0.794. The van der Waals surface area contributed by atoms with Gasteiger partial charge in [-0.2, -0.15) is 0 Å². The van der Waals surface area contributed by atoms with Gasteiger partial charge in [-0.1, -0.05) is 39.0 Å². The molecule has 2 N–H and O–H groups in total. The van der Waals surface area contributed by atoms with Crippen molar-refractivity contribution in [1.82, 2.24) is 0 Å². The summed E-state index contributed by atoms with van der Waals surface area (Å²) < 4.78 is 27.5. The number of ether oxygens (including phenoxy) is 5. The van der Waals surface area contributed by atoms with Gasteiger partial charge in [-0.05, 0) is 30.7 Å². The van der Waals surface area contributed by atoms with Gasteiger partial charge >= 0.3 is 0 Å². The minimum Gasteiger partial charge on any atom is -0.491 e. The third-order valence-electron chi connectivity index (χ3n) is 4.13. The number of nitrogens with two attached hydrogens (primary N) is 1. The van der Waals surface area contributed by atoms with Crippen LogP contribution < -0.4 is 10.5 Å². The van der Waals surface area contributed by atoms with Gasteiger partial charge in [0, 0.05) is 12.3 Å². The summed E-state index contributed by atoms with van der Waals surface area (Å²) in [6, 6.07) is 7.32. The van der Waals surface area contributed by atoms with Crippen molar-refractivity contribution in [1.29, 1.82) is 0 Å². The zero-order valence-electron chi connectivity index (χ0n) is 17.5. The van der Waals surface area contributed by atoms with Crippen LogP contribution in [-0.2, 0) is 18.9 Å². The predicted molar refractivity (Wildman–Crippen MR) is 113 cm³/mol. The maximum Gasteiger partial charge on any atom is 0.119 e. The zero-order valence-corrected chi connectivity index (χ0v) is 17.5. The van der Waals surface area contributed by atoms with Crippen LogP contribution in [-0.4, -0.2) is 59.5 Å². The molecular weight excluding hydrogens is 358 g/mol. The van der Waals surface area contributed by atoms with Crippen LogP contribution in [0.1, 0.15) is 45.4 Å². The Morgan fingerprint density at radius 2 is 1.04 bits per heavy atom. The van der Waals surface area contributed by atoms with Crippen molar-refractivity contribution in [3.05, 3.63) is 24.3 Å². The van der Waals surface area contributed by atoms with Crippen molar-refractivity contribution < 1.29 is 23.7 Å². The molecular formula is C22H39NO5. The third-order valence-corrected chi connectivity index (χ3v) is 4.13. The third kappa shape index (κ3) is 15.7. The summed E-state index contributed by atoms with van der Waals surface area (Å²) in [6.07, 6.45) is 7.74. The van der Waals surface area contributed by atoms with E-state index in [2.05, 4.69) is 6.92 Å². The summed E-state index contributed by atoms with van der Waals surface area (Å²) in [7, 11) is 0. The van der Waals surface area contributed by atoms with Crippen LogP contribution >= 0.6 is 0 Å². The molecule has 1 aromatic carbocycles. The molecule has 162 valence electrons. The fourth-order valence-corrected chi connectivity index (χ4v) is 2.53. The van der Waals surface area contributed by atoms with Crippen LogP contribution in [0.5, 0.6) is 5.75 Å². The van der Waals surface area contributed by atoms with Crippen LogP contribution in [0, 0.1) is 0 Å². The number of rotatable bonds is 20. The normalized spacial score (nSPS) is 11.0. The molecule has 0 spiro atoms. The van der Waals surface area contributed by atoms with E-state index in [0.717, 1.165) is 24.5 Å². The van der Waals surface area contributed by atoms with E-state index >= 15 is 0 Å². The van der Waals surface area contributed by atoms with Gasteiger partial charge in [0.15, 0.2) is 0 Å². The number of hydrogen-bond acceptors (Lipinski definition) is 6. The maximum atomic E-state index is 5.62. The molecule has 0 aromatic heterocycles. The van der Waals surface area contributed by atoms with Gasteiger partial charge < -0.3 is 29.4 Å². The minimum absolute atomic E-state index is 0.506. The highest BCUT2D eigenvalue weighted by atomic mass is 16.6. The molecule has 0 atom stereocenters. The molecule has 0 aliphatic heterocycles. The van der Waals surface area contributed by atoms with Gasteiger partial charge in [-0.25, -0.2) is 0 Å². The van der Waals surface area contributed by atoms with Crippen molar-refractivity contribution in [2.75, 3.05) is 65.2 Å². The first-order chi connectivity index (χ1) is 13.8. The van der Waals surface area contributed by atoms with E-state index in [-0.39, 0.29) is 0 Å². The van der Waals surface area contributed by atoms with Crippen LogP contribution in [0.15, 0.2) is 24.3 Å². The number of hydrogen-bond donors (Lipinski definition) is 1. The van der Waals surface area contributed by atoms with Crippen molar-refractivity contribution in [3.63, 3.8) is 0 Å². The van der Waals surface area contributed by atoms with Crippen LogP contribution in [0.2, 0.25) is 0 Å². The van der Waals surface area contributed by atoms with E-state index in [1.54, 1.807) is 0 Å². The molecule has 0 saturated heterocycles. The molecule has 0 fully saturated rings. The second-order valence-corrected chi connectivity index (χ2v) is 6.63. The monoisotopic (exact) mass is 397 g/mol. The van der Waals surface area contributed by atoms with E-state index in [9.17, 15) is 0 Å². The second-order valence-electron chi connectivity index (χ2n) is 6.63. The van der Waals surface area contributed by atoms with Crippen molar-refractivity contribution in [2.24, 2.45) is 0 Å². The van der Waals surface area contributed by atoms with Crippen molar-refractivity contribution >= 4 is 5.69 Å². The molecule has 1 aromatic rings. The lowest BCUT2D eigenvalue weighted by atomic mass is 10.1. The molecule has 0 radical (unpaired) electrons. The van der Waals surface area contributed by atoms with E-state index in [4.69, 9.17) is 29.4 Å². The number of anilines is 1. The Labute approximate surface area is 170 Å². The minimum atomic E-state index is 0.506.